The third kappa shape index (κ3) is 2.51. The fourth-order valence-electron chi connectivity index (χ4n) is 2.02. The topological polar surface area (TPSA) is 82.8 Å². The molecule has 2 N–H and O–H groups in total. The number of H-pyrrole nitrogens is 2. The second-order valence-electron chi connectivity index (χ2n) is 4.50. The Hall–Kier alpha value is -2.66. The molecule has 0 saturated heterocycles. The molecule has 5 nitrogen and oxygen atoms in total. The van der Waals surface area contributed by atoms with Crippen LogP contribution < -0.4 is 11.1 Å². The second kappa shape index (κ2) is 5.03. The Morgan fingerprint density at radius 1 is 0.810 bits per heavy atom. The smallest absolute Gasteiger partial charge is 0.314 e. The van der Waals surface area contributed by atoms with Crippen LogP contribution >= 0.6 is 11.6 Å². The number of ketones is 1. The van der Waals surface area contributed by atoms with Crippen LogP contribution in [-0.4, -0.2) is 15.8 Å². The minimum Gasteiger partial charge on any atom is -0.316 e. The van der Waals surface area contributed by atoms with Crippen molar-refractivity contribution in [3.05, 3.63) is 79.3 Å². The largest absolute Gasteiger partial charge is 0.316 e. The molecule has 104 valence electrons. The molecule has 0 unspecified atom stereocenters. The molecule has 21 heavy (non-hydrogen) atoms. The molecule has 6 heteroatoms. The molecule has 0 spiro atoms. The average molecular weight is 301 g/mol. The molecule has 0 aliphatic rings. The van der Waals surface area contributed by atoms with Crippen LogP contribution in [0.15, 0.2) is 52.1 Å². The van der Waals surface area contributed by atoms with E-state index in [4.69, 9.17) is 11.6 Å². The van der Waals surface area contributed by atoms with Gasteiger partial charge in [0.1, 0.15) is 0 Å². The van der Waals surface area contributed by atoms with E-state index in [1.54, 1.807) is 36.4 Å². The highest BCUT2D eigenvalue weighted by Crippen LogP contribution is 2.16. The standard InChI is InChI=1S/C15H9ClN2O3/c16-10-4-1-8(2-5-10)13(19)9-3-6-11-12(7-9)18-15(21)14(20)17-11/h1-7H,(H,17,20)(H,18,21). The quantitative estimate of drug-likeness (QED) is 0.561. The van der Waals surface area contributed by atoms with Gasteiger partial charge in [0.05, 0.1) is 11.0 Å². The van der Waals surface area contributed by atoms with Gasteiger partial charge in [-0.1, -0.05) is 11.6 Å². The number of hydrogen-bond donors (Lipinski definition) is 2. The zero-order valence-corrected chi connectivity index (χ0v) is 11.4. The first-order valence-electron chi connectivity index (χ1n) is 6.11. The molecule has 0 amide bonds. The lowest BCUT2D eigenvalue weighted by Gasteiger charge is -2.03. The molecule has 0 radical (unpaired) electrons. The zero-order valence-electron chi connectivity index (χ0n) is 10.6. The number of carbonyl (C=O) groups is 1. The fraction of sp³-hybridized carbons (Fsp3) is 0. The van der Waals surface area contributed by atoms with Gasteiger partial charge >= 0.3 is 11.1 Å². The average Bonchev–Trinajstić information content (AvgIpc) is 2.48. The van der Waals surface area contributed by atoms with Crippen LogP contribution in [0, 0.1) is 0 Å². The molecule has 3 rings (SSSR count). The maximum Gasteiger partial charge on any atom is 0.314 e. The lowest BCUT2D eigenvalue weighted by atomic mass is 10.0. The molecule has 0 saturated carbocycles. The highest BCUT2D eigenvalue weighted by molar-refractivity contribution is 6.30. The SMILES string of the molecule is O=C(c1ccc(Cl)cc1)c1ccc2[nH]c(=O)c(=O)[nH]c2c1. The summed E-state index contributed by atoms with van der Waals surface area (Å²) in [6.07, 6.45) is 0. The summed E-state index contributed by atoms with van der Waals surface area (Å²) in [5.41, 5.74) is 0.294. The van der Waals surface area contributed by atoms with Gasteiger partial charge in [0.2, 0.25) is 0 Å². The first-order chi connectivity index (χ1) is 10.0. The Bertz CT molecular complexity index is 955. The maximum absolute atomic E-state index is 12.3. The number of nitrogens with one attached hydrogen (secondary N) is 2. The predicted molar refractivity (Wildman–Crippen MR) is 80.1 cm³/mol. The number of halogens is 1. The molecule has 0 aliphatic carbocycles. The van der Waals surface area contributed by atoms with E-state index in [1.165, 1.54) is 6.07 Å². The Morgan fingerprint density at radius 3 is 2.05 bits per heavy atom. The molecule has 0 bridgehead atoms. The molecular weight excluding hydrogens is 292 g/mol. The van der Waals surface area contributed by atoms with E-state index in [0.29, 0.717) is 27.2 Å². The first kappa shape index (κ1) is 13.3. The summed E-state index contributed by atoms with van der Waals surface area (Å²) in [6, 6.07) is 11.2. The minimum atomic E-state index is -0.751. The first-order valence-corrected chi connectivity index (χ1v) is 6.49. The van der Waals surface area contributed by atoms with Crippen LogP contribution in [0.3, 0.4) is 0 Å². The monoisotopic (exact) mass is 300 g/mol. The molecule has 1 aromatic heterocycles. The van der Waals surface area contributed by atoms with E-state index in [2.05, 4.69) is 9.97 Å². The normalized spacial score (nSPS) is 10.7. The fourth-order valence-corrected chi connectivity index (χ4v) is 2.15. The highest BCUT2D eigenvalue weighted by atomic mass is 35.5. The van der Waals surface area contributed by atoms with Crippen LogP contribution in [0.5, 0.6) is 0 Å². The van der Waals surface area contributed by atoms with Gasteiger partial charge < -0.3 is 9.97 Å². The van der Waals surface area contributed by atoms with Crippen LogP contribution in [0.4, 0.5) is 0 Å². The number of rotatable bonds is 2. The van der Waals surface area contributed by atoms with Crippen LogP contribution in [-0.2, 0) is 0 Å². The van der Waals surface area contributed by atoms with Gasteiger partial charge in [0, 0.05) is 16.1 Å². The summed E-state index contributed by atoms with van der Waals surface area (Å²) in [5, 5.41) is 0.548. The van der Waals surface area contributed by atoms with Gasteiger partial charge in [-0.05, 0) is 42.5 Å². The van der Waals surface area contributed by atoms with E-state index in [1.807, 2.05) is 0 Å². The van der Waals surface area contributed by atoms with Crippen LogP contribution in [0.25, 0.3) is 11.0 Å². The molecule has 2 aromatic carbocycles. The number of benzene rings is 2. The molecule has 0 fully saturated rings. The summed E-state index contributed by atoms with van der Waals surface area (Å²) in [7, 11) is 0. The Morgan fingerprint density at radius 2 is 1.38 bits per heavy atom. The van der Waals surface area contributed by atoms with Gasteiger partial charge in [0.15, 0.2) is 5.78 Å². The Kier molecular flexibility index (Phi) is 3.19. The van der Waals surface area contributed by atoms with Gasteiger partial charge in [-0.2, -0.15) is 0 Å². The van der Waals surface area contributed by atoms with E-state index in [0.717, 1.165) is 0 Å². The van der Waals surface area contributed by atoms with Crippen molar-refractivity contribution in [3.63, 3.8) is 0 Å². The Labute approximate surface area is 123 Å². The Balaban J connectivity index is 2.10. The van der Waals surface area contributed by atoms with Gasteiger partial charge in [-0.25, -0.2) is 0 Å². The van der Waals surface area contributed by atoms with Gasteiger partial charge in [0.25, 0.3) is 0 Å². The molecule has 3 aromatic rings. The van der Waals surface area contributed by atoms with Crippen molar-refractivity contribution in [1.82, 2.24) is 9.97 Å². The van der Waals surface area contributed by atoms with Crippen molar-refractivity contribution < 1.29 is 4.79 Å². The summed E-state index contributed by atoms with van der Waals surface area (Å²) in [6.45, 7) is 0. The summed E-state index contributed by atoms with van der Waals surface area (Å²) in [4.78, 5) is 39.8. The summed E-state index contributed by atoms with van der Waals surface area (Å²) in [5.74, 6) is -0.194. The van der Waals surface area contributed by atoms with E-state index in [-0.39, 0.29) is 5.78 Å². The van der Waals surface area contributed by atoms with E-state index >= 15 is 0 Å². The van der Waals surface area contributed by atoms with Crippen molar-refractivity contribution in [2.45, 2.75) is 0 Å². The molecular formula is C15H9ClN2O3. The highest BCUT2D eigenvalue weighted by Gasteiger charge is 2.10. The van der Waals surface area contributed by atoms with Gasteiger partial charge in [-0.3, -0.25) is 14.4 Å². The number of aromatic nitrogens is 2. The van der Waals surface area contributed by atoms with Crippen molar-refractivity contribution in [1.29, 1.82) is 0 Å². The van der Waals surface area contributed by atoms with Crippen LogP contribution in [0.2, 0.25) is 5.02 Å². The van der Waals surface area contributed by atoms with Gasteiger partial charge in [-0.15, -0.1) is 0 Å². The summed E-state index contributed by atoms with van der Waals surface area (Å²) < 4.78 is 0. The van der Waals surface area contributed by atoms with Crippen molar-refractivity contribution in [2.75, 3.05) is 0 Å². The van der Waals surface area contributed by atoms with Crippen LogP contribution in [0.1, 0.15) is 15.9 Å². The van der Waals surface area contributed by atoms with Crippen molar-refractivity contribution >= 4 is 28.4 Å². The predicted octanol–water partition coefficient (Wildman–Crippen LogP) is 2.10. The van der Waals surface area contributed by atoms with E-state index < -0.39 is 11.1 Å². The molecule has 1 heterocycles. The maximum atomic E-state index is 12.3. The molecule has 0 aliphatic heterocycles. The minimum absolute atomic E-state index is 0.194. The lowest BCUT2D eigenvalue weighted by Crippen LogP contribution is -2.28. The number of carbonyl (C=O) groups excluding carboxylic acids is 1. The number of hydrogen-bond acceptors (Lipinski definition) is 3. The van der Waals surface area contributed by atoms with E-state index in [9.17, 15) is 14.4 Å². The number of fused-ring (bicyclic) bond motifs is 1. The number of aromatic amines is 2. The lowest BCUT2D eigenvalue weighted by molar-refractivity contribution is 0.103. The summed E-state index contributed by atoms with van der Waals surface area (Å²) >= 11 is 5.79. The molecule has 0 atom stereocenters. The third-order valence-electron chi connectivity index (χ3n) is 3.09. The van der Waals surface area contributed by atoms with Crippen molar-refractivity contribution in [2.24, 2.45) is 0 Å². The third-order valence-corrected chi connectivity index (χ3v) is 3.34. The second-order valence-corrected chi connectivity index (χ2v) is 4.94. The van der Waals surface area contributed by atoms with Crippen molar-refractivity contribution in [3.8, 4) is 0 Å². The zero-order chi connectivity index (χ0) is 15.0.